The summed E-state index contributed by atoms with van der Waals surface area (Å²) in [6.45, 7) is 1.38. The molecule has 0 aliphatic heterocycles. The Morgan fingerprint density at radius 2 is 1.85 bits per heavy atom. The Morgan fingerprint density at radius 3 is 2.23 bits per heavy atom. The number of alkyl halides is 3. The third kappa shape index (κ3) is 2.17. The van der Waals surface area contributed by atoms with Gasteiger partial charge in [-0.05, 0) is 34.5 Å². The van der Waals surface area contributed by atoms with Gasteiger partial charge in [-0.2, -0.15) is 13.2 Å². The van der Waals surface area contributed by atoms with Crippen LogP contribution in [0.25, 0.3) is 0 Å². The molecule has 0 aliphatic carbocycles. The first-order valence-electron chi connectivity index (χ1n) is 3.36. The van der Waals surface area contributed by atoms with Crippen molar-refractivity contribution in [2.24, 2.45) is 0 Å². The average molecular weight is 273 g/mol. The van der Waals surface area contributed by atoms with Crippen LogP contribution in [0.5, 0.6) is 0 Å². The van der Waals surface area contributed by atoms with Crippen LogP contribution in [-0.4, -0.2) is 0 Å². The first-order valence-corrected chi connectivity index (χ1v) is 4.53. The molecule has 0 saturated carbocycles. The van der Waals surface area contributed by atoms with Crippen LogP contribution in [0.3, 0.4) is 0 Å². The lowest BCUT2D eigenvalue weighted by molar-refractivity contribution is -0.138. The second-order valence-electron chi connectivity index (χ2n) is 2.55. The van der Waals surface area contributed by atoms with Gasteiger partial charge in [0, 0.05) is 4.47 Å². The minimum absolute atomic E-state index is 0.126. The van der Waals surface area contributed by atoms with E-state index >= 15 is 0 Å². The summed E-state index contributed by atoms with van der Waals surface area (Å²) in [6.07, 6.45) is -4.40. The number of hydrogen-bond donors (Lipinski definition) is 0. The van der Waals surface area contributed by atoms with E-state index < -0.39 is 11.7 Å². The van der Waals surface area contributed by atoms with Gasteiger partial charge in [-0.3, -0.25) is 0 Å². The molecule has 0 atom stereocenters. The molecule has 1 rings (SSSR count). The van der Waals surface area contributed by atoms with Gasteiger partial charge >= 0.3 is 6.18 Å². The van der Waals surface area contributed by atoms with E-state index in [2.05, 4.69) is 15.9 Å². The van der Waals surface area contributed by atoms with Gasteiger partial charge in [-0.1, -0.05) is 17.7 Å². The molecule has 0 radical (unpaired) electrons. The predicted octanol–water partition coefficient (Wildman–Crippen LogP) is 4.43. The zero-order valence-corrected chi connectivity index (χ0v) is 8.89. The van der Waals surface area contributed by atoms with Gasteiger partial charge in [-0.15, -0.1) is 0 Å². The molecule has 1 aromatic rings. The van der Waals surface area contributed by atoms with Crippen LogP contribution >= 0.6 is 27.5 Å². The highest BCUT2D eigenvalue weighted by Crippen LogP contribution is 2.40. The zero-order chi connectivity index (χ0) is 10.2. The lowest BCUT2D eigenvalue weighted by Crippen LogP contribution is -2.08. The minimum Gasteiger partial charge on any atom is -0.166 e. The Kier molecular flexibility index (Phi) is 2.92. The number of rotatable bonds is 0. The van der Waals surface area contributed by atoms with E-state index in [1.807, 2.05) is 0 Å². The average Bonchev–Trinajstić information content (AvgIpc) is 1.95. The second kappa shape index (κ2) is 3.50. The maximum atomic E-state index is 12.4. The molecule has 0 nitrogen and oxygen atoms in total. The van der Waals surface area contributed by atoms with Gasteiger partial charge in [0.2, 0.25) is 0 Å². The lowest BCUT2D eigenvalue weighted by atomic mass is 10.1. The molecule has 0 aromatic heterocycles. The van der Waals surface area contributed by atoms with Crippen LogP contribution in [0.1, 0.15) is 11.1 Å². The molecule has 0 amide bonds. The van der Waals surface area contributed by atoms with Crippen LogP contribution in [-0.2, 0) is 6.18 Å². The highest BCUT2D eigenvalue weighted by molar-refractivity contribution is 9.10. The highest BCUT2D eigenvalue weighted by Gasteiger charge is 2.35. The van der Waals surface area contributed by atoms with E-state index in [9.17, 15) is 13.2 Å². The van der Waals surface area contributed by atoms with Crippen LogP contribution in [0.2, 0.25) is 5.02 Å². The fourth-order valence-electron chi connectivity index (χ4n) is 0.995. The molecule has 0 bridgehead atoms. The Bertz CT molecular complexity index is 333. The zero-order valence-electron chi connectivity index (χ0n) is 6.54. The normalized spacial score (nSPS) is 11.8. The van der Waals surface area contributed by atoms with Gasteiger partial charge in [-0.25, -0.2) is 0 Å². The summed E-state index contributed by atoms with van der Waals surface area (Å²) in [5, 5.41) is -0.285. The summed E-state index contributed by atoms with van der Waals surface area (Å²) in [5.74, 6) is 0. The summed E-state index contributed by atoms with van der Waals surface area (Å²) in [6, 6.07) is 2.87. The van der Waals surface area contributed by atoms with Crippen molar-refractivity contribution in [2.45, 2.75) is 13.1 Å². The smallest absolute Gasteiger partial charge is 0.166 e. The Balaban J connectivity index is 3.43. The van der Waals surface area contributed by atoms with E-state index in [0.29, 0.717) is 0 Å². The lowest BCUT2D eigenvalue weighted by Gasteiger charge is -2.12. The number of hydrogen-bond acceptors (Lipinski definition) is 0. The van der Waals surface area contributed by atoms with E-state index in [4.69, 9.17) is 11.6 Å². The molecular weight excluding hydrogens is 268 g/mol. The molecule has 0 fully saturated rings. The molecule has 72 valence electrons. The van der Waals surface area contributed by atoms with Crippen molar-refractivity contribution in [3.63, 3.8) is 0 Å². The summed E-state index contributed by atoms with van der Waals surface area (Å²) in [5.41, 5.74) is -0.649. The number of aryl methyl sites for hydroxylation is 1. The maximum absolute atomic E-state index is 12.4. The summed E-state index contributed by atoms with van der Waals surface area (Å²) in [4.78, 5) is 0. The van der Waals surface area contributed by atoms with Crippen molar-refractivity contribution in [3.8, 4) is 0 Å². The van der Waals surface area contributed by atoms with Crippen molar-refractivity contribution >= 4 is 27.5 Å². The monoisotopic (exact) mass is 272 g/mol. The van der Waals surface area contributed by atoms with Gasteiger partial charge in [0.25, 0.3) is 0 Å². The van der Waals surface area contributed by atoms with E-state index in [-0.39, 0.29) is 15.1 Å². The maximum Gasteiger partial charge on any atom is 0.418 e. The van der Waals surface area contributed by atoms with E-state index in [1.165, 1.54) is 19.1 Å². The van der Waals surface area contributed by atoms with Gasteiger partial charge < -0.3 is 0 Å². The summed E-state index contributed by atoms with van der Waals surface area (Å²) >= 11 is 8.46. The number of halogens is 5. The van der Waals surface area contributed by atoms with Gasteiger partial charge in [0.05, 0.1) is 10.6 Å². The molecule has 0 aliphatic rings. The Labute approximate surface area is 86.8 Å². The van der Waals surface area contributed by atoms with Crippen molar-refractivity contribution in [1.82, 2.24) is 0 Å². The topological polar surface area (TPSA) is 0 Å². The van der Waals surface area contributed by atoms with E-state index in [1.54, 1.807) is 0 Å². The van der Waals surface area contributed by atoms with Crippen molar-refractivity contribution < 1.29 is 13.2 Å². The van der Waals surface area contributed by atoms with Crippen molar-refractivity contribution in [2.75, 3.05) is 0 Å². The molecule has 1 aromatic carbocycles. The SMILES string of the molecule is Cc1ccc(Br)c(Cl)c1C(F)(F)F. The van der Waals surface area contributed by atoms with E-state index in [0.717, 1.165) is 0 Å². The molecule has 5 heteroatoms. The van der Waals surface area contributed by atoms with Gasteiger partial charge in [0.1, 0.15) is 0 Å². The quantitative estimate of drug-likeness (QED) is 0.656. The third-order valence-electron chi connectivity index (χ3n) is 1.59. The van der Waals surface area contributed by atoms with Crippen molar-refractivity contribution in [1.29, 1.82) is 0 Å². The Hall–Kier alpha value is -0.220. The number of benzene rings is 1. The predicted molar refractivity (Wildman–Crippen MR) is 48.9 cm³/mol. The largest absolute Gasteiger partial charge is 0.418 e. The molecule has 0 unspecified atom stereocenters. The van der Waals surface area contributed by atoms with Crippen LogP contribution < -0.4 is 0 Å². The second-order valence-corrected chi connectivity index (χ2v) is 3.78. The fraction of sp³-hybridized carbons (Fsp3) is 0.250. The molecule has 13 heavy (non-hydrogen) atoms. The minimum atomic E-state index is -4.40. The first kappa shape index (κ1) is 10.9. The Morgan fingerprint density at radius 1 is 1.31 bits per heavy atom. The highest BCUT2D eigenvalue weighted by atomic mass is 79.9. The van der Waals surface area contributed by atoms with Crippen LogP contribution in [0.4, 0.5) is 13.2 Å². The van der Waals surface area contributed by atoms with Crippen LogP contribution in [0.15, 0.2) is 16.6 Å². The molecule has 0 heterocycles. The molecule has 0 N–H and O–H groups in total. The summed E-state index contributed by atoms with van der Waals surface area (Å²) in [7, 11) is 0. The first-order chi connectivity index (χ1) is 5.84. The van der Waals surface area contributed by atoms with Gasteiger partial charge in [0.15, 0.2) is 0 Å². The van der Waals surface area contributed by atoms with Crippen LogP contribution in [0, 0.1) is 6.92 Å². The molecule has 0 saturated heterocycles. The molecular formula is C8H5BrClF3. The molecule has 0 spiro atoms. The van der Waals surface area contributed by atoms with Crippen molar-refractivity contribution in [3.05, 3.63) is 32.8 Å². The standard InChI is InChI=1S/C8H5BrClF3/c1-4-2-3-5(9)7(10)6(4)8(11,12)13/h2-3H,1H3. The fourth-order valence-corrected chi connectivity index (χ4v) is 1.64. The third-order valence-corrected chi connectivity index (χ3v) is 2.87. The summed E-state index contributed by atoms with van der Waals surface area (Å²) < 4.78 is 37.4.